The van der Waals surface area contributed by atoms with Crippen LogP contribution in [0.1, 0.15) is 99.9 Å². The minimum atomic E-state index is -2.08. The number of fused-ring (bicyclic) bond motifs is 6. The zero-order chi connectivity index (χ0) is 45.7. The van der Waals surface area contributed by atoms with E-state index in [1.807, 2.05) is 0 Å². The van der Waals surface area contributed by atoms with Crippen LogP contribution < -0.4 is 14.7 Å². The SMILES string of the molecule is CC[N+](C1=C(OC2=CC=C(N3c4ccccc4C4CCC=CC43)CC2[P+](C)(C2=CC=CCC2)c2ccccc2)C=CC(n2c3c(c4ccccc42)C=CCC3)C1)(c1ccccc1)C1C=CCCC1. The Kier molecular flexibility index (Phi) is 11.6. The van der Waals surface area contributed by atoms with Gasteiger partial charge in [-0.3, -0.25) is 4.48 Å². The summed E-state index contributed by atoms with van der Waals surface area (Å²) < 4.78 is 11.4. The third-order valence-corrected chi connectivity index (χ3v) is 21.5. The summed E-state index contributed by atoms with van der Waals surface area (Å²) in [5, 5.41) is 4.41. The summed E-state index contributed by atoms with van der Waals surface area (Å²) in [7, 11) is -2.08. The Morgan fingerprint density at radius 3 is 2.32 bits per heavy atom. The van der Waals surface area contributed by atoms with Gasteiger partial charge in [0.2, 0.25) is 0 Å². The van der Waals surface area contributed by atoms with Gasteiger partial charge in [0.05, 0.1) is 49.6 Å². The number of rotatable bonds is 11. The van der Waals surface area contributed by atoms with Crippen LogP contribution in [0.2, 0.25) is 0 Å². The summed E-state index contributed by atoms with van der Waals surface area (Å²) in [5.74, 6) is 2.65. The van der Waals surface area contributed by atoms with Crippen LogP contribution in [0.25, 0.3) is 17.0 Å². The lowest BCUT2D eigenvalue weighted by atomic mass is 9.86. The predicted octanol–water partition coefficient (Wildman–Crippen LogP) is 15.5. The van der Waals surface area contributed by atoms with Gasteiger partial charge in [-0.15, -0.1) is 0 Å². The second-order valence-corrected chi connectivity index (χ2v) is 24.1. The fraction of sp³-hybridized carbons (Fsp3) is 0.302. The third-order valence-electron chi connectivity index (χ3n) is 16.9. The van der Waals surface area contributed by atoms with Crippen molar-refractivity contribution >= 4 is 40.9 Å². The molecule has 4 aromatic carbocycles. The normalized spacial score (nSPS) is 25.8. The standard InChI is InChI=1S/C63H66N3OP/c1-3-66(48-24-8-4-9-25-48,49-26-10-5-11-27-49)60-44-46(64-56-36-20-16-32-52(56)53-33-17-21-37-57(53)64)40-42-61(60)67-62-43-41-47(65-58-38-22-18-34-54(58)55-35-19-23-39-59(55)65)45-63(62)68(2,50-28-12-6-13-29-50)51-30-14-7-15-31-51/h4,6-10,12-14,16-18,20,22-26,28-30,32-34,36,38-43,46,49,55,59,63H,3,5,11,15,19,21,27,31,35,37,44-45H2,1-2H3/q+2. The molecule has 7 aliphatic rings. The zero-order valence-electron chi connectivity index (χ0n) is 40.0. The molecule has 0 radical (unpaired) electrons. The molecule has 7 atom stereocenters. The van der Waals surface area contributed by atoms with Crippen LogP contribution in [0, 0.1) is 0 Å². The molecule has 12 rings (SSSR count). The first-order valence-corrected chi connectivity index (χ1v) is 28.1. The molecular weight excluding hydrogens is 846 g/mol. The number of hydrogen-bond donors (Lipinski definition) is 0. The van der Waals surface area contributed by atoms with Crippen molar-refractivity contribution in [3.05, 3.63) is 227 Å². The van der Waals surface area contributed by atoms with E-state index in [1.54, 1.807) is 5.31 Å². The number of aromatic nitrogens is 1. The number of ether oxygens (including phenoxy) is 1. The van der Waals surface area contributed by atoms with Crippen LogP contribution in [0.5, 0.6) is 0 Å². The van der Waals surface area contributed by atoms with E-state index in [0.29, 0.717) is 18.0 Å². The fourth-order valence-electron chi connectivity index (χ4n) is 13.6. The van der Waals surface area contributed by atoms with E-state index in [9.17, 15) is 0 Å². The van der Waals surface area contributed by atoms with Gasteiger partial charge in [-0.05, 0) is 124 Å². The average Bonchev–Trinajstić information content (AvgIpc) is 3.94. The van der Waals surface area contributed by atoms with Crippen molar-refractivity contribution in [2.45, 2.75) is 107 Å². The fourth-order valence-corrected chi connectivity index (χ4v) is 17.7. The van der Waals surface area contributed by atoms with Gasteiger partial charge in [0.1, 0.15) is 23.1 Å². The Bertz CT molecular complexity index is 3010. The van der Waals surface area contributed by atoms with Crippen molar-refractivity contribution in [2.24, 2.45) is 0 Å². The van der Waals surface area contributed by atoms with Gasteiger partial charge in [-0.1, -0.05) is 121 Å². The molecule has 0 saturated carbocycles. The lowest BCUT2D eigenvalue weighted by Crippen LogP contribution is -2.56. The van der Waals surface area contributed by atoms with E-state index in [4.69, 9.17) is 4.74 Å². The van der Waals surface area contributed by atoms with E-state index in [-0.39, 0.29) is 11.7 Å². The van der Waals surface area contributed by atoms with Crippen LogP contribution in [0.15, 0.2) is 210 Å². The molecule has 1 aromatic heterocycles. The van der Waals surface area contributed by atoms with Gasteiger partial charge in [-0.2, -0.15) is 0 Å². The lowest BCUT2D eigenvalue weighted by Gasteiger charge is -2.47. The summed E-state index contributed by atoms with van der Waals surface area (Å²) in [6, 6.07) is 42.2. The Hall–Kier alpha value is -5.93. The molecule has 0 amide bonds. The molecule has 6 aliphatic carbocycles. The maximum absolute atomic E-state index is 7.99. The highest BCUT2D eigenvalue weighted by Gasteiger charge is 2.53. The van der Waals surface area contributed by atoms with E-state index in [2.05, 4.69) is 211 Å². The molecule has 5 aromatic rings. The maximum Gasteiger partial charge on any atom is 0.183 e. The molecule has 0 spiro atoms. The van der Waals surface area contributed by atoms with Crippen molar-refractivity contribution in [2.75, 3.05) is 18.1 Å². The predicted molar refractivity (Wildman–Crippen MR) is 290 cm³/mol. The number of para-hydroxylation sites is 3. The van der Waals surface area contributed by atoms with Crippen molar-refractivity contribution in [1.82, 2.24) is 9.05 Å². The molecule has 5 heteroatoms. The highest BCUT2D eigenvalue weighted by molar-refractivity contribution is 7.86. The number of hydrogen-bond acceptors (Lipinski definition) is 2. The van der Waals surface area contributed by atoms with Crippen LogP contribution in [-0.2, 0) is 11.2 Å². The highest BCUT2D eigenvalue weighted by atomic mass is 31.2. The van der Waals surface area contributed by atoms with E-state index < -0.39 is 7.26 Å². The smallest absolute Gasteiger partial charge is 0.183 e. The van der Waals surface area contributed by atoms with Crippen molar-refractivity contribution < 1.29 is 4.74 Å². The van der Waals surface area contributed by atoms with Gasteiger partial charge in [0, 0.05) is 58.7 Å². The van der Waals surface area contributed by atoms with Crippen LogP contribution in [0.4, 0.5) is 11.4 Å². The Balaban J connectivity index is 1.06. The molecule has 2 heterocycles. The first-order chi connectivity index (χ1) is 33.6. The maximum atomic E-state index is 7.99. The molecule has 0 bridgehead atoms. The number of benzene rings is 4. The van der Waals surface area contributed by atoms with Gasteiger partial charge in [0.15, 0.2) is 11.5 Å². The quantitative estimate of drug-likeness (QED) is 0.0746. The van der Waals surface area contributed by atoms with Crippen LogP contribution in [-0.4, -0.2) is 35.5 Å². The summed E-state index contributed by atoms with van der Waals surface area (Å²) in [5.41, 5.74) is 11.4. The van der Waals surface area contributed by atoms with Crippen molar-refractivity contribution in [1.29, 1.82) is 0 Å². The second-order valence-electron chi connectivity index (χ2n) is 20.2. The van der Waals surface area contributed by atoms with Gasteiger partial charge < -0.3 is 14.2 Å². The highest BCUT2D eigenvalue weighted by Crippen LogP contribution is 2.71. The number of nitrogens with zero attached hydrogens (tertiary/aromatic N) is 3. The van der Waals surface area contributed by atoms with E-state index >= 15 is 0 Å². The summed E-state index contributed by atoms with van der Waals surface area (Å²) in [6.45, 7) is 5.99. The number of allylic oxidation sites excluding steroid dienone is 14. The number of likely N-dealkylation sites (N-methyl/N-ethyl adjacent to an activating group) is 1. The number of quaternary nitrogens is 1. The van der Waals surface area contributed by atoms with Crippen LogP contribution >= 0.6 is 7.26 Å². The largest absolute Gasteiger partial charge is 0.452 e. The van der Waals surface area contributed by atoms with Crippen molar-refractivity contribution in [3.63, 3.8) is 0 Å². The van der Waals surface area contributed by atoms with Crippen LogP contribution in [0.3, 0.4) is 0 Å². The molecule has 0 saturated heterocycles. The van der Waals surface area contributed by atoms with Gasteiger partial charge in [-0.25, -0.2) is 0 Å². The molecule has 342 valence electrons. The molecule has 68 heavy (non-hydrogen) atoms. The third kappa shape index (κ3) is 7.16. The summed E-state index contributed by atoms with van der Waals surface area (Å²) in [4.78, 5) is 2.72. The van der Waals surface area contributed by atoms with Crippen molar-refractivity contribution in [3.8, 4) is 0 Å². The van der Waals surface area contributed by atoms with E-state index in [0.717, 1.165) is 80.3 Å². The Morgan fingerprint density at radius 2 is 1.50 bits per heavy atom. The lowest BCUT2D eigenvalue weighted by molar-refractivity contribution is 0.225. The molecule has 0 fully saturated rings. The summed E-state index contributed by atoms with van der Waals surface area (Å²) >= 11 is 0. The number of anilines is 1. The van der Waals surface area contributed by atoms with Gasteiger partial charge >= 0.3 is 0 Å². The molecule has 0 N–H and O–H groups in total. The molecule has 1 aliphatic heterocycles. The monoisotopic (exact) mass is 911 g/mol. The van der Waals surface area contributed by atoms with E-state index in [1.165, 1.54) is 68.6 Å². The zero-order valence-corrected chi connectivity index (χ0v) is 40.9. The molecular formula is C63H66N3OP+2. The molecule has 4 nitrogen and oxygen atoms in total. The Labute approximate surface area is 405 Å². The Morgan fingerprint density at radius 1 is 0.706 bits per heavy atom. The first kappa shape index (κ1) is 43.4. The topological polar surface area (TPSA) is 17.4 Å². The minimum Gasteiger partial charge on any atom is -0.452 e. The first-order valence-electron chi connectivity index (χ1n) is 25.8. The van der Waals surface area contributed by atoms with Gasteiger partial charge in [0.25, 0.3) is 0 Å². The minimum absolute atomic E-state index is 0.142. The average molecular weight is 912 g/mol. The second kappa shape index (κ2) is 18.2. The molecule has 7 unspecified atom stereocenters. The summed E-state index contributed by atoms with van der Waals surface area (Å²) in [6.07, 6.45) is 43.5.